The van der Waals surface area contributed by atoms with Crippen molar-refractivity contribution in [1.29, 1.82) is 0 Å². The van der Waals surface area contributed by atoms with E-state index in [0.29, 0.717) is 13.0 Å². The van der Waals surface area contributed by atoms with E-state index >= 15 is 0 Å². The fourth-order valence-electron chi connectivity index (χ4n) is 2.53. The predicted molar refractivity (Wildman–Crippen MR) is 62.4 cm³/mol. The van der Waals surface area contributed by atoms with Crippen molar-refractivity contribution < 1.29 is 14.3 Å². The first-order valence-corrected chi connectivity index (χ1v) is 6.23. The van der Waals surface area contributed by atoms with Crippen LogP contribution in [-0.2, 0) is 14.3 Å². The number of hydrogen-bond acceptors (Lipinski definition) is 3. The zero-order valence-electron chi connectivity index (χ0n) is 10.5. The SMILES string of the molecule is CCC1NC(=O)CN(CC2(OC)CCC2)C1=O. The fraction of sp³-hybridized carbons (Fsp3) is 0.833. The second-order valence-electron chi connectivity index (χ2n) is 4.96. The van der Waals surface area contributed by atoms with Gasteiger partial charge in [0.25, 0.3) is 0 Å². The zero-order valence-corrected chi connectivity index (χ0v) is 10.5. The van der Waals surface area contributed by atoms with E-state index in [4.69, 9.17) is 4.74 Å². The highest BCUT2D eigenvalue weighted by Gasteiger charge is 2.42. The normalized spacial score (nSPS) is 27.6. The summed E-state index contributed by atoms with van der Waals surface area (Å²) < 4.78 is 5.50. The van der Waals surface area contributed by atoms with Crippen LogP contribution in [0.5, 0.6) is 0 Å². The molecule has 0 spiro atoms. The summed E-state index contributed by atoms with van der Waals surface area (Å²) >= 11 is 0. The summed E-state index contributed by atoms with van der Waals surface area (Å²) in [6.07, 6.45) is 3.73. The van der Waals surface area contributed by atoms with Crippen LogP contribution in [0.1, 0.15) is 32.6 Å². The molecule has 1 aliphatic heterocycles. The highest BCUT2D eigenvalue weighted by molar-refractivity contribution is 5.94. The molecule has 1 heterocycles. The molecule has 0 bridgehead atoms. The van der Waals surface area contributed by atoms with Gasteiger partial charge in [0.2, 0.25) is 11.8 Å². The van der Waals surface area contributed by atoms with Gasteiger partial charge in [-0.3, -0.25) is 9.59 Å². The molecule has 0 radical (unpaired) electrons. The van der Waals surface area contributed by atoms with E-state index in [-0.39, 0.29) is 30.0 Å². The standard InChI is InChI=1S/C12H20N2O3/c1-3-9-11(16)14(7-10(15)13-9)8-12(17-2)5-4-6-12/h9H,3-8H2,1-2H3,(H,13,15). The maximum atomic E-state index is 12.1. The minimum atomic E-state index is -0.356. The Morgan fingerprint density at radius 2 is 2.18 bits per heavy atom. The largest absolute Gasteiger partial charge is 0.376 e. The van der Waals surface area contributed by atoms with Crippen LogP contribution in [0.15, 0.2) is 0 Å². The molecule has 2 rings (SSSR count). The van der Waals surface area contributed by atoms with Crippen molar-refractivity contribution in [2.24, 2.45) is 0 Å². The predicted octanol–water partition coefficient (Wildman–Crippen LogP) is 0.292. The first-order chi connectivity index (χ1) is 8.10. The smallest absolute Gasteiger partial charge is 0.245 e. The molecule has 1 atom stereocenters. The number of amides is 2. The molecule has 0 aromatic heterocycles. The second kappa shape index (κ2) is 4.64. The van der Waals surface area contributed by atoms with Gasteiger partial charge in [0.15, 0.2) is 0 Å². The summed E-state index contributed by atoms with van der Waals surface area (Å²) in [5.41, 5.74) is -0.203. The highest BCUT2D eigenvalue weighted by Crippen LogP contribution is 2.36. The van der Waals surface area contributed by atoms with Crippen molar-refractivity contribution in [1.82, 2.24) is 10.2 Å². The van der Waals surface area contributed by atoms with E-state index in [0.717, 1.165) is 19.3 Å². The fourth-order valence-corrected chi connectivity index (χ4v) is 2.53. The van der Waals surface area contributed by atoms with E-state index in [2.05, 4.69) is 5.32 Å². The molecular formula is C12H20N2O3. The first-order valence-electron chi connectivity index (χ1n) is 6.23. The van der Waals surface area contributed by atoms with Crippen molar-refractivity contribution in [2.75, 3.05) is 20.2 Å². The van der Waals surface area contributed by atoms with E-state index in [9.17, 15) is 9.59 Å². The van der Waals surface area contributed by atoms with Gasteiger partial charge < -0.3 is 15.0 Å². The van der Waals surface area contributed by atoms with Gasteiger partial charge in [-0.1, -0.05) is 6.92 Å². The lowest BCUT2D eigenvalue weighted by Gasteiger charge is -2.45. The van der Waals surface area contributed by atoms with Crippen LogP contribution in [0.4, 0.5) is 0 Å². The molecule has 2 amide bonds. The summed E-state index contributed by atoms with van der Waals surface area (Å²) in [5, 5.41) is 2.71. The van der Waals surface area contributed by atoms with Gasteiger partial charge in [-0.25, -0.2) is 0 Å². The summed E-state index contributed by atoms with van der Waals surface area (Å²) in [7, 11) is 1.69. The van der Waals surface area contributed by atoms with Gasteiger partial charge in [-0.15, -0.1) is 0 Å². The minimum absolute atomic E-state index is 0.0235. The molecule has 96 valence electrons. The van der Waals surface area contributed by atoms with Crippen molar-refractivity contribution in [3.8, 4) is 0 Å². The number of ether oxygens (including phenoxy) is 1. The Labute approximate surface area is 101 Å². The van der Waals surface area contributed by atoms with Crippen LogP contribution in [0.2, 0.25) is 0 Å². The van der Waals surface area contributed by atoms with E-state index in [1.54, 1.807) is 12.0 Å². The molecule has 5 nitrogen and oxygen atoms in total. The average Bonchev–Trinajstić information content (AvgIpc) is 2.27. The van der Waals surface area contributed by atoms with Crippen LogP contribution in [0, 0.1) is 0 Å². The van der Waals surface area contributed by atoms with Crippen LogP contribution >= 0.6 is 0 Å². The monoisotopic (exact) mass is 240 g/mol. The van der Waals surface area contributed by atoms with Gasteiger partial charge in [-0.05, 0) is 25.7 Å². The lowest BCUT2D eigenvalue weighted by molar-refractivity contribution is -0.152. The van der Waals surface area contributed by atoms with Gasteiger partial charge >= 0.3 is 0 Å². The number of hydrogen-bond donors (Lipinski definition) is 1. The van der Waals surface area contributed by atoms with Gasteiger partial charge in [0, 0.05) is 7.11 Å². The van der Waals surface area contributed by atoms with Crippen molar-refractivity contribution in [2.45, 2.75) is 44.2 Å². The third-order valence-electron chi connectivity index (χ3n) is 3.86. The summed E-state index contributed by atoms with van der Waals surface area (Å²) in [6.45, 7) is 2.62. The molecule has 2 fully saturated rings. The summed E-state index contributed by atoms with van der Waals surface area (Å²) in [6, 6.07) is -0.356. The Hall–Kier alpha value is -1.10. The first kappa shape index (κ1) is 12.4. The minimum Gasteiger partial charge on any atom is -0.376 e. The second-order valence-corrected chi connectivity index (χ2v) is 4.96. The third kappa shape index (κ3) is 2.29. The van der Waals surface area contributed by atoms with Gasteiger partial charge in [0.1, 0.15) is 6.04 Å². The molecule has 5 heteroatoms. The molecule has 0 aromatic rings. The lowest BCUT2D eigenvalue weighted by atomic mass is 9.79. The molecule has 0 aromatic carbocycles. The summed E-state index contributed by atoms with van der Waals surface area (Å²) in [4.78, 5) is 25.3. The van der Waals surface area contributed by atoms with E-state index < -0.39 is 0 Å². The number of piperazine rings is 1. The van der Waals surface area contributed by atoms with E-state index in [1.807, 2.05) is 6.92 Å². The quantitative estimate of drug-likeness (QED) is 0.768. The Bertz CT molecular complexity index is 320. The zero-order chi connectivity index (χ0) is 12.5. The van der Waals surface area contributed by atoms with Crippen molar-refractivity contribution >= 4 is 11.8 Å². The van der Waals surface area contributed by atoms with E-state index in [1.165, 1.54) is 0 Å². The number of rotatable bonds is 4. The topological polar surface area (TPSA) is 58.6 Å². The molecule has 1 saturated carbocycles. The van der Waals surface area contributed by atoms with Crippen LogP contribution < -0.4 is 5.32 Å². The van der Waals surface area contributed by atoms with Crippen molar-refractivity contribution in [3.63, 3.8) is 0 Å². The van der Waals surface area contributed by atoms with Crippen LogP contribution in [0.3, 0.4) is 0 Å². The Morgan fingerprint density at radius 3 is 2.65 bits per heavy atom. The highest BCUT2D eigenvalue weighted by atomic mass is 16.5. The Kier molecular flexibility index (Phi) is 3.38. The number of nitrogens with zero attached hydrogens (tertiary/aromatic N) is 1. The molecule has 1 saturated heterocycles. The molecule has 1 N–H and O–H groups in total. The number of carbonyl (C=O) groups excluding carboxylic acids is 2. The van der Waals surface area contributed by atoms with Gasteiger partial charge in [-0.2, -0.15) is 0 Å². The van der Waals surface area contributed by atoms with Crippen LogP contribution in [0.25, 0.3) is 0 Å². The average molecular weight is 240 g/mol. The van der Waals surface area contributed by atoms with Crippen LogP contribution in [-0.4, -0.2) is 48.6 Å². The molecular weight excluding hydrogens is 220 g/mol. The number of carbonyl (C=O) groups is 2. The maximum absolute atomic E-state index is 12.1. The third-order valence-corrected chi connectivity index (χ3v) is 3.86. The number of nitrogens with one attached hydrogen (secondary N) is 1. The Morgan fingerprint density at radius 1 is 1.47 bits per heavy atom. The molecule has 2 aliphatic rings. The lowest BCUT2D eigenvalue weighted by Crippen LogP contribution is -2.62. The number of methoxy groups -OCH3 is 1. The maximum Gasteiger partial charge on any atom is 0.245 e. The molecule has 1 aliphatic carbocycles. The molecule has 17 heavy (non-hydrogen) atoms. The molecule has 1 unspecified atom stereocenters. The van der Waals surface area contributed by atoms with Gasteiger partial charge in [0.05, 0.1) is 18.7 Å². The summed E-state index contributed by atoms with van der Waals surface area (Å²) in [5.74, 6) is -0.0440. The Balaban J connectivity index is 2.03. The van der Waals surface area contributed by atoms with Crippen molar-refractivity contribution in [3.05, 3.63) is 0 Å².